The van der Waals surface area contributed by atoms with Crippen molar-refractivity contribution in [3.63, 3.8) is 0 Å². The number of fused-ring (bicyclic) bond motifs is 1. The minimum atomic E-state index is -0.412. The van der Waals surface area contributed by atoms with Gasteiger partial charge in [-0.2, -0.15) is 5.26 Å². The van der Waals surface area contributed by atoms with E-state index in [9.17, 15) is 4.79 Å². The van der Waals surface area contributed by atoms with E-state index >= 15 is 0 Å². The molecule has 0 aromatic carbocycles. The number of esters is 1. The second-order valence-electron chi connectivity index (χ2n) is 4.15. The van der Waals surface area contributed by atoms with E-state index in [0.29, 0.717) is 5.82 Å². The highest BCUT2D eigenvalue weighted by Crippen LogP contribution is 2.34. The largest absolute Gasteiger partial charge is 0.450 e. The Kier molecular flexibility index (Phi) is 4.57. The number of carbonyl (C=O) groups excluding carboxylic acids is 1. The summed E-state index contributed by atoms with van der Waals surface area (Å²) in [5.41, 5.74) is 1.15. The SMILES string of the molecule is Cc1nc(SCC(=O)OCC#N)c2c(C)c(C)sc2n1. The Labute approximate surface area is 125 Å². The summed E-state index contributed by atoms with van der Waals surface area (Å²) in [5, 5.41) is 10.2. The lowest BCUT2D eigenvalue weighted by atomic mass is 10.2. The van der Waals surface area contributed by atoms with Crippen molar-refractivity contribution in [1.82, 2.24) is 9.97 Å². The number of nitriles is 1. The van der Waals surface area contributed by atoms with Crippen molar-refractivity contribution in [2.24, 2.45) is 0 Å². The molecule has 0 bridgehead atoms. The maximum Gasteiger partial charge on any atom is 0.317 e. The van der Waals surface area contributed by atoms with E-state index in [1.807, 2.05) is 20.8 Å². The van der Waals surface area contributed by atoms with Gasteiger partial charge in [0.05, 0.1) is 5.75 Å². The second kappa shape index (κ2) is 6.20. The van der Waals surface area contributed by atoms with Gasteiger partial charge in [-0.1, -0.05) is 11.8 Å². The molecule has 0 N–H and O–H groups in total. The van der Waals surface area contributed by atoms with Gasteiger partial charge in [0, 0.05) is 10.3 Å². The first-order chi connectivity index (χ1) is 9.52. The number of aryl methyl sites for hydroxylation is 3. The summed E-state index contributed by atoms with van der Waals surface area (Å²) in [5.74, 6) is 0.416. The number of aromatic nitrogens is 2. The van der Waals surface area contributed by atoms with Crippen LogP contribution in [0.25, 0.3) is 10.2 Å². The monoisotopic (exact) mass is 307 g/mol. The molecule has 0 aliphatic rings. The molecule has 0 fully saturated rings. The number of thioether (sulfide) groups is 1. The molecule has 5 nitrogen and oxygen atoms in total. The maximum atomic E-state index is 11.5. The molecule has 2 aromatic heterocycles. The summed E-state index contributed by atoms with van der Waals surface area (Å²) in [6.45, 7) is 5.70. The van der Waals surface area contributed by atoms with Crippen LogP contribution in [-0.2, 0) is 9.53 Å². The Morgan fingerprint density at radius 3 is 2.85 bits per heavy atom. The normalized spacial score (nSPS) is 10.5. The van der Waals surface area contributed by atoms with E-state index in [4.69, 9.17) is 10.00 Å². The third-order valence-electron chi connectivity index (χ3n) is 2.73. The van der Waals surface area contributed by atoms with Gasteiger partial charge in [-0.3, -0.25) is 4.79 Å². The first-order valence-corrected chi connectivity index (χ1v) is 7.73. The summed E-state index contributed by atoms with van der Waals surface area (Å²) in [4.78, 5) is 22.4. The number of nitrogens with zero attached hydrogens (tertiary/aromatic N) is 3. The van der Waals surface area contributed by atoms with Crippen LogP contribution in [0.15, 0.2) is 5.03 Å². The van der Waals surface area contributed by atoms with Crippen LogP contribution < -0.4 is 0 Å². The number of thiophene rings is 1. The number of ether oxygens (including phenoxy) is 1. The van der Waals surface area contributed by atoms with Gasteiger partial charge in [0.2, 0.25) is 0 Å². The lowest BCUT2D eigenvalue weighted by Crippen LogP contribution is -2.07. The van der Waals surface area contributed by atoms with Crippen molar-refractivity contribution in [2.75, 3.05) is 12.4 Å². The quantitative estimate of drug-likeness (QED) is 0.491. The zero-order chi connectivity index (χ0) is 14.7. The molecule has 7 heteroatoms. The van der Waals surface area contributed by atoms with Crippen LogP contribution >= 0.6 is 23.1 Å². The third kappa shape index (κ3) is 3.08. The average molecular weight is 307 g/mol. The zero-order valence-corrected chi connectivity index (χ0v) is 13.0. The second-order valence-corrected chi connectivity index (χ2v) is 6.31. The molecule has 0 saturated carbocycles. The highest BCUT2D eigenvalue weighted by Gasteiger charge is 2.15. The molecule has 0 aliphatic carbocycles. The van der Waals surface area contributed by atoms with E-state index in [2.05, 4.69) is 9.97 Å². The van der Waals surface area contributed by atoms with E-state index in [1.54, 1.807) is 17.4 Å². The molecule has 2 rings (SSSR count). The van der Waals surface area contributed by atoms with Crippen molar-refractivity contribution in [3.05, 3.63) is 16.3 Å². The fourth-order valence-corrected chi connectivity index (χ4v) is 3.77. The summed E-state index contributed by atoms with van der Waals surface area (Å²) in [6.07, 6.45) is 0. The maximum absolute atomic E-state index is 11.5. The molecular formula is C13H13N3O2S2. The van der Waals surface area contributed by atoms with E-state index < -0.39 is 5.97 Å². The van der Waals surface area contributed by atoms with Crippen LogP contribution in [0.4, 0.5) is 0 Å². The van der Waals surface area contributed by atoms with Gasteiger partial charge in [0.1, 0.15) is 21.7 Å². The van der Waals surface area contributed by atoms with Gasteiger partial charge < -0.3 is 4.74 Å². The molecule has 0 aliphatic heterocycles. The Hall–Kier alpha value is -1.65. The van der Waals surface area contributed by atoms with Crippen molar-refractivity contribution in [1.29, 1.82) is 5.26 Å². The van der Waals surface area contributed by atoms with Crippen LogP contribution in [0.3, 0.4) is 0 Å². The Morgan fingerprint density at radius 2 is 2.15 bits per heavy atom. The summed E-state index contributed by atoms with van der Waals surface area (Å²) in [7, 11) is 0. The third-order valence-corrected chi connectivity index (χ3v) is 4.78. The van der Waals surface area contributed by atoms with Gasteiger partial charge in [-0.15, -0.1) is 11.3 Å². The molecule has 104 valence electrons. The van der Waals surface area contributed by atoms with Crippen LogP contribution in [0, 0.1) is 32.1 Å². The molecule has 0 saturated heterocycles. The van der Waals surface area contributed by atoms with Gasteiger partial charge in [0.15, 0.2) is 6.61 Å². The molecule has 20 heavy (non-hydrogen) atoms. The molecule has 0 amide bonds. The lowest BCUT2D eigenvalue weighted by molar-refractivity contribution is -0.139. The molecule has 0 spiro atoms. The Morgan fingerprint density at radius 1 is 1.40 bits per heavy atom. The lowest BCUT2D eigenvalue weighted by Gasteiger charge is -2.04. The predicted octanol–water partition coefficient (Wildman–Crippen LogP) is 2.78. The summed E-state index contributed by atoms with van der Waals surface area (Å²) >= 11 is 2.95. The zero-order valence-electron chi connectivity index (χ0n) is 11.4. The summed E-state index contributed by atoms with van der Waals surface area (Å²) in [6, 6.07) is 1.77. The minimum absolute atomic E-state index is 0.140. The number of hydrogen-bond acceptors (Lipinski definition) is 7. The number of rotatable bonds is 4. The van der Waals surface area contributed by atoms with E-state index in [1.165, 1.54) is 16.6 Å². The molecule has 2 aromatic rings. The fraction of sp³-hybridized carbons (Fsp3) is 0.385. The Bertz CT molecular complexity index is 704. The topological polar surface area (TPSA) is 75.9 Å². The molecule has 0 unspecified atom stereocenters. The first-order valence-electron chi connectivity index (χ1n) is 5.92. The van der Waals surface area contributed by atoms with Gasteiger partial charge in [0.25, 0.3) is 0 Å². The smallest absolute Gasteiger partial charge is 0.317 e. The van der Waals surface area contributed by atoms with Crippen LogP contribution in [0.5, 0.6) is 0 Å². The minimum Gasteiger partial charge on any atom is -0.450 e. The first kappa shape index (κ1) is 14.8. The highest BCUT2D eigenvalue weighted by atomic mass is 32.2. The van der Waals surface area contributed by atoms with Gasteiger partial charge >= 0.3 is 5.97 Å². The Balaban J connectivity index is 2.25. The molecular weight excluding hydrogens is 294 g/mol. The van der Waals surface area contributed by atoms with Crippen molar-refractivity contribution < 1.29 is 9.53 Å². The molecule has 2 heterocycles. The van der Waals surface area contributed by atoms with E-state index in [-0.39, 0.29) is 12.4 Å². The van der Waals surface area contributed by atoms with Crippen LogP contribution in [0.2, 0.25) is 0 Å². The van der Waals surface area contributed by atoms with Crippen LogP contribution in [0.1, 0.15) is 16.3 Å². The van der Waals surface area contributed by atoms with Gasteiger partial charge in [-0.05, 0) is 26.3 Å². The van der Waals surface area contributed by atoms with Crippen LogP contribution in [-0.4, -0.2) is 28.3 Å². The van der Waals surface area contributed by atoms with Crippen molar-refractivity contribution in [3.8, 4) is 6.07 Å². The highest BCUT2D eigenvalue weighted by molar-refractivity contribution is 8.00. The van der Waals surface area contributed by atoms with Gasteiger partial charge in [-0.25, -0.2) is 9.97 Å². The molecule has 0 radical (unpaired) electrons. The van der Waals surface area contributed by atoms with E-state index in [0.717, 1.165) is 20.8 Å². The summed E-state index contributed by atoms with van der Waals surface area (Å²) < 4.78 is 4.73. The number of hydrogen-bond donors (Lipinski definition) is 0. The fourth-order valence-electron chi connectivity index (χ4n) is 1.70. The average Bonchev–Trinajstić information content (AvgIpc) is 2.68. The molecule has 0 atom stereocenters. The van der Waals surface area contributed by atoms with Crippen molar-refractivity contribution >= 4 is 39.3 Å². The number of carbonyl (C=O) groups is 1. The van der Waals surface area contributed by atoms with Crippen molar-refractivity contribution in [2.45, 2.75) is 25.8 Å². The predicted molar refractivity (Wildman–Crippen MR) is 78.9 cm³/mol. The standard InChI is InChI=1S/C13H13N3O2S2/c1-7-8(2)20-13-11(7)12(15-9(3)16-13)19-6-10(17)18-5-4-14/h5-6H2,1-3H3.